The van der Waals surface area contributed by atoms with Crippen LogP contribution in [0, 0.1) is 6.92 Å². The molecule has 3 aromatic rings. The molecular weight excluding hydrogens is 452 g/mol. The standard InChI is InChI=1S/C25H24N4O2S2/c1-3-13-26-22-19(23(30)29-16-17(2)11-12-21(29)27-22)15-20-24(31)28(25(32)33-20)14-7-10-18-8-5-4-6-9-18/h3-6,8-9,11-12,15-16,26H,1,7,10,13-14H2,2H3/b20-15-. The number of hydrogen-bond donors (Lipinski definition) is 1. The monoisotopic (exact) mass is 476 g/mol. The maximum absolute atomic E-state index is 13.3. The molecule has 0 bridgehead atoms. The fraction of sp³-hybridized carbons (Fsp3) is 0.200. The smallest absolute Gasteiger partial charge is 0.267 e. The maximum Gasteiger partial charge on any atom is 0.267 e. The normalized spacial score (nSPS) is 14.9. The number of nitrogens with one attached hydrogen (secondary N) is 1. The van der Waals surface area contributed by atoms with Gasteiger partial charge in [-0.15, -0.1) is 6.58 Å². The number of aromatic nitrogens is 2. The zero-order valence-corrected chi connectivity index (χ0v) is 19.9. The number of thiocarbonyl (C=S) groups is 1. The van der Waals surface area contributed by atoms with E-state index in [1.165, 1.54) is 21.7 Å². The van der Waals surface area contributed by atoms with Gasteiger partial charge in [0.25, 0.3) is 11.5 Å². The number of carbonyl (C=O) groups is 1. The first-order valence-electron chi connectivity index (χ1n) is 10.6. The van der Waals surface area contributed by atoms with Crippen LogP contribution < -0.4 is 10.9 Å². The van der Waals surface area contributed by atoms with Crippen molar-refractivity contribution in [2.75, 3.05) is 18.4 Å². The van der Waals surface area contributed by atoms with E-state index in [9.17, 15) is 9.59 Å². The largest absolute Gasteiger partial charge is 0.366 e. The number of aryl methyl sites for hydroxylation is 2. The van der Waals surface area contributed by atoms with Gasteiger partial charge in [0, 0.05) is 19.3 Å². The predicted octanol–water partition coefficient (Wildman–Crippen LogP) is 4.43. The first-order chi connectivity index (χ1) is 16.0. The summed E-state index contributed by atoms with van der Waals surface area (Å²) in [6.45, 7) is 6.60. The summed E-state index contributed by atoms with van der Waals surface area (Å²) in [5.74, 6) is 0.236. The van der Waals surface area contributed by atoms with Gasteiger partial charge < -0.3 is 5.32 Å². The second-order valence-electron chi connectivity index (χ2n) is 7.71. The summed E-state index contributed by atoms with van der Waals surface area (Å²) in [5.41, 5.74) is 2.77. The lowest BCUT2D eigenvalue weighted by molar-refractivity contribution is -0.122. The molecule has 0 spiro atoms. The van der Waals surface area contributed by atoms with Gasteiger partial charge in [-0.25, -0.2) is 4.98 Å². The van der Waals surface area contributed by atoms with Gasteiger partial charge in [-0.05, 0) is 43.0 Å². The Morgan fingerprint density at radius 3 is 2.73 bits per heavy atom. The van der Waals surface area contributed by atoms with Gasteiger partial charge in [0.1, 0.15) is 15.8 Å². The van der Waals surface area contributed by atoms with E-state index in [4.69, 9.17) is 12.2 Å². The number of carbonyl (C=O) groups excluding carboxylic acids is 1. The lowest BCUT2D eigenvalue weighted by Crippen LogP contribution is -2.29. The van der Waals surface area contributed by atoms with Crippen LogP contribution in [0.15, 0.2) is 71.0 Å². The van der Waals surface area contributed by atoms with Gasteiger partial charge in [-0.2, -0.15) is 0 Å². The van der Waals surface area contributed by atoms with E-state index in [1.807, 2.05) is 31.2 Å². The number of pyridine rings is 1. The second kappa shape index (κ2) is 10.1. The molecule has 1 aromatic carbocycles. The highest BCUT2D eigenvalue weighted by atomic mass is 32.2. The Labute approximate surface area is 202 Å². The van der Waals surface area contributed by atoms with Crippen molar-refractivity contribution in [1.82, 2.24) is 14.3 Å². The first kappa shape index (κ1) is 22.9. The molecule has 1 aliphatic heterocycles. The summed E-state index contributed by atoms with van der Waals surface area (Å²) >= 11 is 6.69. The van der Waals surface area contributed by atoms with Gasteiger partial charge in [-0.1, -0.05) is 66.5 Å². The summed E-state index contributed by atoms with van der Waals surface area (Å²) in [4.78, 5) is 33.0. The van der Waals surface area contributed by atoms with Gasteiger partial charge in [0.15, 0.2) is 0 Å². The minimum absolute atomic E-state index is 0.179. The number of benzene rings is 1. The van der Waals surface area contributed by atoms with Crippen molar-refractivity contribution in [2.24, 2.45) is 0 Å². The van der Waals surface area contributed by atoms with Crippen LogP contribution in [0.3, 0.4) is 0 Å². The Hall–Kier alpha value is -3.23. The predicted molar refractivity (Wildman–Crippen MR) is 140 cm³/mol. The third-order valence-electron chi connectivity index (χ3n) is 5.26. The third-order valence-corrected chi connectivity index (χ3v) is 6.64. The molecule has 0 saturated carbocycles. The zero-order chi connectivity index (χ0) is 23.4. The fourth-order valence-corrected chi connectivity index (χ4v) is 4.89. The highest BCUT2D eigenvalue weighted by Gasteiger charge is 2.32. The molecule has 168 valence electrons. The van der Waals surface area contributed by atoms with E-state index in [-0.39, 0.29) is 11.5 Å². The van der Waals surface area contributed by atoms with Gasteiger partial charge in [0.2, 0.25) is 0 Å². The van der Waals surface area contributed by atoms with Crippen molar-refractivity contribution in [3.63, 3.8) is 0 Å². The fourth-order valence-electron chi connectivity index (χ4n) is 3.60. The van der Waals surface area contributed by atoms with Crippen LogP contribution in [0.1, 0.15) is 23.1 Å². The van der Waals surface area contributed by atoms with Crippen LogP contribution in [-0.2, 0) is 11.2 Å². The molecule has 4 rings (SSSR count). The molecule has 0 atom stereocenters. The number of amides is 1. The van der Waals surface area contributed by atoms with E-state index in [2.05, 4.69) is 29.0 Å². The third kappa shape index (κ3) is 5.07. The minimum Gasteiger partial charge on any atom is -0.366 e. The van der Waals surface area contributed by atoms with Gasteiger partial charge >= 0.3 is 0 Å². The lowest BCUT2D eigenvalue weighted by atomic mass is 10.1. The summed E-state index contributed by atoms with van der Waals surface area (Å²) in [6, 6.07) is 13.8. The molecule has 1 aliphatic rings. The van der Waals surface area contributed by atoms with Crippen LogP contribution in [0.2, 0.25) is 0 Å². The summed E-state index contributed by atoms with van der Waals surface area (Å²) in [6.07, 6.45) is 6.70. The molecule has 2 aromatic heterocycles. The molecule has 33 heavy (non-hydrogen) atoms. The summed E-state index contributed by atoms with van der Waals surface area (Å²) in [5, 5.41) is 3.12. The highest BCUT2D eigenvalue weighted by molar-refractivity contribution is 8.26. The van der Waals surface area contributed by atoms with Crippen LogP contribution >= 0.6 is 24.0 Å². The van der Waals surface area contributed by atoms with E-state index < -0.39 is 0 Å². The average Bonchev–Trinajstić information content (AvgIpc) is 3.08. The molecule has 0 unspecified atom stereocenters. The zero-order valence-electron chi connectivity index (χ0n) is 18.3. The van der Waals surface area contributed by atoms with Crippen LogP contribution in [0.25, 0.3) is 11.7 Å². The minimum atomic E-state index is -0.246. The molecule has 8 heteroatoms. The van der Waals surface area contributed by atoms with E-state index >= 15 is 0 Å². The number of fused-ring (bicyclic) bond motifs is 1. The SMILES string of the molecule is C=CCNc1nc2ccc(C)cn2c(=O)c1/C=C1\SC(=S)N(CCCc2ccccc2)C1=O. The number of anilines is 1. The van der Waals surface area contributed by atoms with Gasteiger partial charge in [0.05, 0.1) is 10.5 Å². The molecule has 1 fully saturated rings. The highest BCUT2D eigenvalue weighted by Crippen LogP contribution is 2.33. The van der Waals surface area contributed by atoms with Crippen molar-refractivity contribution in [3.8, 4) is 0 Å². The Balaban J connectivity index is 1.62. The van der Waals surface area contributed by atoms with Crippen LogP contribution in [-0.4, -0.2) is 37.6 Å². The summed E-state index contributed by atoms with van der Waals surface area (Å²) < 4.78 is 2.01. The molecule has 0 radical (unpaired) electrons. The number of rotatable bonds is 8. The number of nitrogens with zero attached hydrogens (tertiary/aromatic N) is 3. The second-order valence-corrected chi connectivity index (χ2v) is 9.38. The van der Waals surface area contributed by atoms with Crippen molar-refractivity contribution in [3.05, 3.63) is 93.3 Å². The molecule has 1 N–H and O–H groups in total. The molecule has 1 amide bonds. The molecular formula is C25H24N4O2S2. The summed E-state index contributed by atoms with van der Waals surface area (Å²) in [7, 11) is 0. The number of hydrogen-bond acceptors (Lipinski definition) is 6. The maximum atomic E-state index is 13.3. The molecule has 3 heterocycles. The van der Waals surface area contributed by atoms with E-state index in [0.717, 1.165) is 18.4 Å². The van der Waals surface area contributed by atoms with E-state index in [1.54, 1.807) is 29.3 Å². The van der Waals surface area contributed by atoms with Gasteiger partial charge in [-0.3, -0.25) is 18.9 Å². The quantitative estimate of drug-likeness (QED) is 0.295. The van der Waals surface area contributed by atoms with Crippen molar-refractivity contribution in [2.45, 2.75) is 19.8 Å². The average molecular weight is 477 g/mol. The Morgan fingerprint density at radius 2 is 1.97 bits per heavy atom. The molecule has 0 aliphatic carbocycles. The Kier molecular flexibility index (Phi) is 7.05. The first-order valence-corrected chi connectivity index (χ1v) is 11.9. The number of thioether (sulfide) groups is 1. The van der Waals surface area contributed by atoms with Crippen LogP contribution in [0.5, 0.6) is 0 Å². The van der Waals surface area contributed by atoms with E-state index in [0.29, 0.717) is 39.3 Å². The Bertz CT molecular complexity index is 1320. The lowest BCUT2D eigenvalue weighted by Gasteiger charge is -2.14. The van der Waals surface area contributed by atoms with Crippen molar-refractivity contribution in [1.29, 1.82) is 0 Å². The van der Waals surface area contributed by atoms with Crippen molar-refractivity contribution < 1.29 is 4.79 Å². The molecule has 6 nitrogen and oxygen atoms in total. The van der Waals surface area contributed by atoms with Crippen molar-refractivity contribution >= 4 is 51.7 Å². The van der Waals surface area contributed by atoms with Crippen LogP contribution in [0.4, 0.5) is 5.82 Å². The molecule has 1 saturated heterocycles. The topological polar surface area (TPSA) is 66.7 Å². The Morgan fingerprint density at radius 1 is 1.18 bits per heavy atom.